The van der Waals surface area contributed by atoms with Gasteiger partial charge in [0.25, 0.3) is 0 Å². The van der Waals surface area contributed by atoms with Crippen LogP contribution in [-0.4, -0.2) is 62.5 Å². The Morgan fingerprint density at radius 1 is 1.11 bits per heavy atom. The number of methoxy groups -OCH3 is 1. The topological polar surface area (TPSA) is 87.7 Å². The van der Waals surface area contributed by atoms with Gasteiger partial charge in [0, 0.05) is 44.5 Å². The number of hydrogen-bond acceptors (Lipinski definition) is 7. The monoisotopic (exact) mass is 405 g/mol. The quantitative estimate of drug-likeness (QED) is 0.787. The van der Waals surface area contributed by atoms with Crippen molar-refractivity contribution in [2.75, 3.05) is 50.1 Å². The van der Waals surface area contributed by atoms with E-state index in [4.69, 9.17) is 4.74 Å². The lowest BCUT2D eigenvalue weighted by Gasteiger charge is -2.34. The third-order valence-electron chi connectivity index (χ3n) is 4.66. The number of nitrogens with zero attached hydrogens (tertiary/aromatic N) is 4. The first-order valence-corrected chi connectivity index (χ1v) is 10.8. The molecule has 8 nitrogen and oxygen atoms in total. The van der Waals surface area contributed by atoms with Crippen LogP contribution in [0.2, 0.25) is 0 Å². The van der Waals surface area contributed by atoms with E-state index in [9.17, 15) is 8.42 Å². The molecule has 1 N–H and O–H groups in total. The summed E-state index contributed by atoms with van der Waals surface area (Å²) in [6.45, 7) is 8.38. The molecule has 0 saturated carbocycles. The second kappa shape index (κ2) is 8.32. The Balaban J connectivity index is 1.78. The number of ether oxygens (including phenoxy) is 1. The minimum Gasteiger partial charge on any atom is -0.495 e. The van der Waals surface area contributed by atoms with E-state index in [2.05, 4.69) is 15.3 Å². The van der Waals surface area contributed by atoms with E-state index in [-0.39, 0.29) is 4.90 Å². The first kappa shape index (κ1) is 20.3. The molecule has 0 bridgehead atoms. The predicted molar refractivity (Wildman–Crippen MR) is 110 cm³/mol. The maximum atomic E-state index is 13.1. The van der Waals surface area contributed by atoms with Crippen LogP contribution in [0.3, 0.4) is 0 Å². The Morgan fingerprint density at radius 2 is 1.82 bits per heavy atom. The van der Waals surface area contributed by atoms with Crippen LogP contribution in [0.5, 0.6) is 5.75 Å². The van der Waals surface area contributed by atoms with Crippen LogP contribution in [0.15, 0.2) is 29.2 Å². The first-order chi connectivity index (χ1) is 13.3. The van der Waals surface area contributed by atoms with Crippen molar-refractivity contribution in [3.05, 3.63) is 35.5 Å². The van der Waals surface area contributed by atoms with Crippen LogP contribution >= 0.6 is 0 Å². The Kier molecular flexibility index (Phi) is 6.04. The third-order valence-corrected chi connectivity index (χ3v) is 6.58. The molecular weight excluding hydrogens is 378 g/mol. The molecular formula is C19H27N5O3S. The second-order valence-corrected chi connectivity index (χ2v) is 8.68. The van der Waals surface area contributed by atoms with Gasteiger partial charge in [-0.05, 0) is 38.5 Å². The van der Waals surface area contributed by atoms with Crippen molar-refractivity contribution in [2.45, 2.75) is 25.7 Å². The van der Waals surface area contributed by atoms with Gasteiger partial charge in [-0.3, -0.25) is 0 Å². The fraction of sp³-hybridized carbons (Fsp3) is 0.474. The molecule has 1 saturated heterocycles. The lowest BCUT2D eigenvalue weighted by molar-refractivity contribution is 0.372. The van der Waals surface area contributed by atoms with Crippen molar-refractivity contribution in [2.24, 2.45) is 0 Å². The molecule has 1 aromatic heterocycles. The molecule has 2 heterocycles. The second-order valence-electron chi connectivity index (χ2n) is 6.77. The van der Waals surface area contributed by atoms with Crippen LogP contribution in [-0.2, 0) is 10.0 Å². The van der Waals surface area contributed by atoms with Crippen molar-refractivity contribution < 1.29 is 13.2 Å². The van der Waals surface area contributed by atoms with E-state index in [1.54, 1.807) is 12.1 Å². The number of anilines is 2. The number of rotatable bonds is 6. The fourth-order valence-electron chi connectivity index (χ4n) is 3.22. The molecule has 0 atom stereocenters. The van der Waals surface area contributed by atoms with Gasteiger partial charge in [-0.25, -0.2) is 13.4 Å². The average Bonchev–Trinajstić information content (AvgIpc) is 2.68. The Bertz CT molecular complexity index is 941. The number of sulfonamides is 1. The van der Waals surface area contributed by atoms with Gasteiger partial charge in [-0.15, -0.1) is 0 Å². The summed E-state index contributed by atoms with van der Waals surface area (Å²) in [7, 11) is -2.14. The fourth-order valence-corrected chi connectivity index (χ4v) is 4.88. The molecule has 1 aliphatic heterocycles. The van der Waals surface area contributed by atoms with Crippen molar-refractivity contribution in [3.63, 3.8) is 0 Å². The minimum atomic E-state index is -3.63. The summed E-state index contributed by atoms with van der Waals surface area (Å²) in [5, 5.41) is 3.20. The molecule has 0 unspecified atom stereocenters. The number of nitrogens with one attached hydrogen (secondary N) is 1. The van der Waals surface area contributed by atoms with Gasteiger partial charge < -0.3 is 15.0 Å². The molecule has 9 heteroatoms. The number of aryl methyl sites for hydroxylation is 2. The molecule has 2 aromatic rings. The largest absolute Gasteiger partial charge is 0.495 e. The van der Waals surface area contributed by atoms with Gasteiger partial charge in [-0.2, -0.15) is 9.29 Å². The lowest BCUT2D eigenvalue weighted by Crippen LogP contribution is -2.49. The Hall–Kier alpha value is -2.39. The van der Waals surface area contributed by atoms with E-state index in [1.165, 1.54) is 11.4 Å². The van der Waals surface area contributed by atoms with Crippen molar-refractivity contribution >= 4 is 21.8 Å². The maximum absolute atomic E-state index is 13.1. The van der Waals surface area contributed by atoms with E-state index < -0.39 is 10.0 Å². The summed E-state index contributed by atoms with van der Waals surface area (Å²) >= 11 is 0. The highest BCUT2D eigenvalue weighted by Crippen LogP contribution is 2.28. The molecule has 3 rings (SSSR count). The highest BCUT2D eigenvalue weighted by molar-refractivity contribution is 7.89. The smallest absolute Gasteiger partial charge is 0.246 e. The number of benzene rings is 1. The maximum Gasteiger partial charge on any atom is 0.246 e. The lowest BCUT2D eigenvalue weighted by atomic mass is 10.2. The predicted octanol–water partition coefficient (Wildman–Crippen LogP) is 2.04. The molecule has 1 aromatic carbocycles. The Morgan fingerprint density at radius 3 is 2.46 bits per heavy atom. The van der Waals surface area contributed by atoms with E-state index >= 15 is 0 Å². The normalized spacial score (nSPS) is 15.5. The zero-order valence-electron chi connectivity index (χ0n) is 16.8. The van der Waals surface area contributed by atoms with Crippen molar-refractivity contribution in [1.29, 1.82) is 0 Å². The number of piperazine rings is 1. The highest BCUT2D eigenvalue weighted by Gasteiger charge is 2.31. The molecule has 0 aliphatic carbocycles. The number of hydrogen-bond donors (Lipinski definition) is 1. The van der Waals surface area contributed by atoms with E-state index in [0.717, 1.165) is 23.6 Å². The molecule has 0 amide bonds. The molecule has 152 valence electrons. The zero-order valence-corrected chi connectivity index (χ0v) is 17.6. The van der Waals surface area contributed by atoms with Crippen LogP contribution < -0.4 is 15.0 Å². The molecule has 28 heavy (non-hydrogen) atoms. The molecule has 0 radical (unpaired) electrons. The average molecular weight is 406 g/mol. The summed E-state index contributed by atoms with van der Waals surface area (Å²) in [5.74, 6) is 1.77. The van der Waals surface area contributed by atoms with E-state index in [1.807, 2.05) is 37.8 Å². The van der Waals surface area contributed by atoms with Gasteiger partial charge in [0.1, 0.15) is 16.5 Å². The van der Waals surface area contributed by atoms with Crippen molar-refractivity contribution in [1.82, 2.24) is 14.3 Å². The van der Waals surface area contributed by atoms with Gasteiger partial charge in [-0.1, -0.05) is 6.07 Å². The summed E-state index contributed by atoms with van der Waals surface area (Å²) in [4.78, 5) is 11.3. The van der Waals surface area contributed by atoms with Gasteiger partial charge in [0.15, 0.2) is 0 Å². The van der Waals surface area contributed by atoms with Crippen LogP contribution in [0.4, 0.5) is 11.8 Å². The van der Waals surface area contributed by atoms with Crippen LogP contribution in [0.25, 0.3) is 0 Å². The SMILES string of the molecule is CCNc1cc(C)nc(N2CCN(S(=O)(=O)c3cc(C)ccc3OC)CC2)n1. The van der Waals surface area contributed by atoms with Crippen LogP contribution in [0.1, 0.15) is 18.2 Å². The zero-order chi connectivity index (χ0) is 20.3. The van der Waals surface area contributed by atoms with Gasteiger partial charge in [0.2, 0.25) is 16.0 Å². The van der Waals surface area contributed by atoms with Crippen LogP contribution in [0, 0.1) is 13.8 Å². The summed E-state index contributed by atoms with van der Waals surface area (Å²) in [6.07, 6.45) is 0. The van der Waals surface area contributed by atoms with Gasteiger partial charge in [0.05, 0.1) is 7.11 Å². The van der Waals surface area contributed by atoms with Gasteiger partial charge >= 0.3 is 0 Å². The molecule has 0 spiro atoms. The van der Waals surface area contributed by atoms with Crippen molar-refractivity contribution in [3.8, 4) is 5.75 Å². The third kappa shape index (κ3) is 4.20. The van der Waals surface area contributed by atoms with E-state index in [0.29, 0.717) is 37.9 Å². The summed E-state index contributed by atoms with van der Waals surface area (Å²) in [6, 6.07) is 7.10. The minimum absolute atomic E-state index is 0.213. The summed E-state index contributed by atoms with van der Waals surface area (Å²) in [5.41, 5.74) is 1.75. The summed E-state index contributed by atoms with van der Waals surface area (Å²) < 4.78 is 33.1. The highest BCUT2D eigenvalue weighted by atomic mass is 32.2. The molecule has 1 fully saturated rings. The number of aromatic nitrogens is 2. The molecule has 1 aliphatic rings. The Labute approximate surface area is 166 Å². The standard InChI is InChI=1S/C19H27N5O3S/c1-5-20-18-13-15(3)21-19(22-18)23-8-10-24(11-9-23)28(25,26)17-12-14(2)6-7-16(17)27-4/h6-7,12-13H,5,8-11H2,1-4H3,(H,20,21,22). The first-order valence-electron chi connectivity index (χ1n) is 9.34.